The van der Waals surface area contributed by atoms with E-state index in [2.05, 4.69) is 93.7 Å². The van der Waals surface area contributed by atoms with Gasteiger partial charge in [0.05, 0.1) is 0 Å². The van der Waals surface area contributed by atoms with Gasteiger partial charge in [-0.1, -0.05) is 299 Å². The molecule has 6 nitrogen and oxygen atoms in total. The number of carbonyl (C=O) groups excluding carboxylic acids is 3. The maximum atomic E-state index is 12.9. The first-order valence-corrected chi connectivity index (χ1v) is 32.9. The second-order valence-electron chi connectivity index (χ2n) is 22.0. The van der Waals surface area contributed by atoms with Gasteiger partial charge in [0.2, 0.25) is 0 Å². The number of rotatable bonds is 60. The minimum absolute atomic E-state index is 0.0737. The van der Waals surface area contributed by atoms with Crippen LogP contribution in [0.25, 0.3) is 0 Å². The van der Waals surface area contributed by atoms with Crippen molar-refractivity contribution in [1.29, 1.82) is 0 Å². The Hall–Kier alpha value is -3.15. The number of allylic oxidation sites excluding steroid dienone is 12. The summed E-state index contributed by atoms with van der Waals surface area (Å²) >= 11 is 0. The van der Waals surface area contributed by atoms with Crippen LogP contribution in [0.2, 0.25) is 0 Å². The summed E-state index contributed by atoms with van der Waals surface area (Å²) in [5, 5.41) is 0. The Kier molecular flexibility index (Phi) is 61.7. The molecule has 1 unspecified atom stereocenters. The van der Waals surface area contributed by atoms with Gasteiger partial charge >= 0.3 is 17.9 Å². The van der Waals surface area contributed by atoms with Gasteiger partial charge in [0, 0.05) is 19.3 Å². The molecule has 0 aliphatic rings. The van der Waals surface area contributed by atoms with Crippen LogP contribution in [0.3, 0.4) is 0 Å². The lowest BCUT2D eigenvalue weighted by Crippen LogP contribution is -2.30. The van der Waals surface area contributed by atoms with Crippen molar-refractivity contribution in [2.45, 2.75) is 341 Å². The molecule has 0 aromatic carbocycles. The Morgan fingerprint density at radius 1 is 0.276 bits per heavy atom. The summed E-state index contributed by atoms with van der Waals surface area (Å²) in [6.45, 7) is 6.56. The largest absolute Gasteiger partial charge is 0.462 e. The minimum Gasteiger partial charge on any atom is -0.462 e. The van der Waals surface area contributed by atoms with Crippen LogP contribution in [0.15, 0.2) is 72.9 Å². The molecule has 0 radical (unpaired) electrons. The lowest BCUT2D eigenvalue weighted by atomic mass is 10.0. The van der Waals surface area contributed by atoms with Crippen molar-refractivity contribution in [3.8, 4) is 0 Å². The third kappa shape index (κ3) is 61.7. The van der Waals surface area contributed by atoms with Crippen molar-refractivity contribution < 1.29 is 28.6 Å². The average Bonchev–Trinajstić information content (AvgIpc) is 3.42. The van der Waals surface area contributed by atoms with Crippen molar-refractivity contribution >= 4 is 17.9 Å². The smallest absolute Gasteiger partial charge is 0.306 e. The van der Waals surface area contributed by atoms with E-state index in [9.17, 15) is 14.4 Å². The standard InChI is InChI=1S/C70H124O6/c1-4-7-10-13-16-19-22-25-27-29-31-32-33-34-35-36-37-38-39-41-42-45-48-51-54-57-60-63-69(72)75-66-67(65-74-68(71)62-59-56-53-50-47-44-24-21-18-15-12-9-6-3)76-70(73)64-61-58-55-52-49-46-43-40-30-28-26-23-20-17-14-11-8-5-2/h7,10,16,19,25,27-28,30-32,34-35,67H,4-6,8-9,11-15,17-18,20-24,26,29,33,36-66H2,1-3H3/b10-7-,19-16-,27-25-,30-28-,32-31-,35-34-. The van der Waals surface area contributed by atoms with Crippen LogP contribution in [0, 0.1) is 0 Å². The molecule has 0 heterocycles. The molecular formula is C70H124O6. The normalized spacial score (nSPS) is 12.5. The highest BCUT2D eigenvalue weighted by molar-refractivity contribution is 5.71. The molecule has 0 fully saturated rings. The Bertz CT molecular complexity index is 1400. The zero-order valence-electron chi connectivity index (χ0n) is 50.5. The van der Waals surface area contributed by atoms with Gasteiger partial charge in [-0.05, 0) is 89.9 Å². The third-order valence-corrected chi connectivity index (χ3v) is 14.4. The maximum Gasteiger partial charge on any atom is 0.306 e. The summed E-state index contributed by atoms with van der Waals surface area (Å²) < 4.78 is 16.9. The zero-order valence-corrected chi connectivity index (χ0v) is 50.5. The quantitative estimate of drug-likeness (QED) is 0.0261. The van der Waals surface area contributed by atoms with E-state index in [1.807, 2.05) is 0 Å². The SMILES string of the molecule is CC/C=C\C/C=C\C/C=C\C/C=C\C/C=C\CCCCCCCCCCCCCC(=O)OCC(COC(=O)CCCCCCCCCCCCCCC)OC(=O)CCCCCCCCC/C=C\CCCCCCCCC. The zero-order chi connectivity index (χ0) is 55.0. The highest BCUT2D eigenvalue weighted by atomic mass is 16.6. The predicted octanol–water partition coefficient (Wildman–Crippen LogP) is 22.5. The lowest BCUT2D eigenvalue weighted by Gasteiger charge is -2.18. The van der Waals surface area contributed by atoms with Crippen LogP contribution in [0.5, 0.6) is 0 Å². The molecule has 0 saturated heterocycles. The molecule has 0 saturated carbocycles. The van der Waals surface area contributed by atoms with Gasteiger partial charge in [-0.2, -0.15) is 0 Å². The highest BCUT2D eigenvalue weighted by Crippen LogP contribution is 2.17. The van der Waals surface area contributed by atoms with Crippen molar-refractivity contribution in [3.63, 3.8) is 0 Å². The number of carbonyl (C=O) groups is 3. The molecule has 6 heteroatoms. The topological polar surface area (TPSA) is 78.9 Å². The molecule has 0 amide bonds. The number of hydrogen-bond donors (Lipinski definition) is 0. The molecule has 0 spiro atoms. The second-order valence-corrected chi connectivity index (χ2v) is 22.0. The lowest BCUT2D eigenvalue weighted by molar-refractivity contribution is -0.167. The van der Waals surface area contributed by atoms with Crippen LogP contribution in [-0.2, 0) is 28.6 Å². The van der Waals surface area contributed by atoms with E-state index < -0.39 is 6.10 Å². The Morgan fingerprint density at radius 2 is 0.513 bits per heavy atom. The molecule has 0 N–H and O–H groups in total. The number of ether oxygens (including phenoxy) is 3. The van der Waals surface area contributed by atoms with E-state index in [0.717, 1.165) is 89.9 Å². The van der Waals surface area contributed by atoms with E-state index in [0.29, 0.717) is 19.3 Å². The summed E-state index contributed by atoms with van der Waals surface area (Å²) in [6.07, 6.45) is 83.4. The fourth-order valence-electron chi connectivity index (χ4n) is 9.53. The molecule has 0 aliphatic heterocycles. The summed E-state index contributed by atoms with van der Waals surface area (Å²) in [7, 11) is 0. The first-order chi connectivity index (χ1) is 37.5. The average molecular weight is 1060 g/mol. The maximum absolute atomic E-state index is 12.9. The molecule has 1 atom stereocenters. The molecule has 440 valence electrons. The Balaban J connectivity index is 4.28. The van der Waals surface area contributed by atoms with Crippen molar-refractivity contribution in [3.05, 3.63) is 72.9 Å². The molecule has 0 aromatic rings. The second kappa shape index (κ2) is 64.4. The van der Waals surface area contributed by atoms with E-state index in [4.69, 9.17) is 14.2 Å². The number of esters is 3. The van der Waals surface area contributed by atoms with Gasteiger partial charge in [0.1, 0.15) is 13.2 Å². The van der Waals surface area contributed by atoms with Gasteiger partial charge in [0.25, 0.3) is 0 Å². The summed E-state index contributed by atoms with van der Waals surface area (Å²) in [5.74, 6) is -0.864. The molecule has 0 aromatic heterocycles. The van der Waals surface area contributed by atoms with Gasteiger partial charge in [-0.3, -0.25) is 14.4 Å². The molecular weight excluding hydrogens is 937 g/mol. The van der Waals surface area contributed by atoms with Gasteiger partial charge < -0.3 is 14.2 Å². The molecule has 0 rings (SSSR count). The van der Waals surface area contributed by atoms with E-state index >= 15 is 0 Å². The molecule has 0 bridgehead atoms. The van der Waals surface area contributed by atoms with Crippen LogP contribution >= 0.6 is 0 Å². The molecule has 76 heavy (non-hydrogen) atoms. The van der Waals surface area contributed by atoms with Crippen molar-refractivity contribution in [2.75, 3.05) is 13.2 Å². The minimum atomic E-state index is -0.777. The fraction of sp³-hybridized carbons (Fsp3) is 0.786. The van der Waals surface area contributed by atoms with Crippen LogP contribution < -0.4 is 0 Å². The molecule has 0 aliphatic carbocycles. The van der Waals surface area contributed by atoms with Gasteiger partial charge in [0.15, 0.2) is 6.10 Å². The predicted molar refractivity (Wildman–Crippen MR) is 330 cm³/mol. The number of unbranched alkanes of at least 4 members (excludes halogenated alkanes) is 37. The Morgan fingerprint density at radius 3 is 0.816 bits per heavy atom. The van der Waals surface area contributed by atoms with Crippen molar-refractivity contribution in [1.82, 2.24) is 0 Å². The monoisotopic (exact) mass is 1060 g/mol. The van der Waals surface area contributed by atoms with E-state index in [-0.39, 0.29) is 31.1 Å². The summed E-state index contributed by atoms with van der Waals surface area (Å²) in [4.78, 5) is 38.3. The van der Waals surface area contributed by atoms with Gasteiger partial charge in [-0.25, -0.2) is 0 Å². The van der Waals surface area contributed by atoms with Crippen LogP contribution in [0.4, 0.5) is 0 Å². The highest BCUT2D eigenvalue weighted by Gasteiger charge is 2.19. The van der Waals surface area contributed by atoms with Crippen molar-refractivity contribution in [2.24, 2.45) is 0 Å². The van der Waals surface area contributed by atoms with E-state index in [1.165, 1.54) is 205 Å². The fourth-order valence-corrected chi connectivity index (χ4v) is 9.53. The third-order valence-electron chi connectivity index (χ3n) is 14.4. The summed E-state index contributed by atoms with van der Waals surface area (Å²) in [5.41, 5.74) is 0. The van der Waals surface area contributed by atoms with Crippen LogP contribution in [-0.4, -0.2) is 37.2 Å². The van der Waals surface area contributed by atoms with E-state index in [1.54, 1.807) is 0 Å². The van der Waals surface area contributed by atoms with Gasteiger partial charge in [-0.15, -0.1) is 0 Å². The van der Waals surface area contributed by atoms with Crippen LogP contribution in [0.1, 0.15) is 335 Å². The first kappa shape index (κ1) is 72.8. The summed E-state index contributed by atoms with van der Waals surface area (Å²) in [6, 6.07) is 0. The Labute approximate surface area is 472 Å². The number of hydrogen-bond acceptors (Lipinski definition) is 6. The first-order valence-electron chi connectivity index (χ1n) is 32.9.